The molecule has 0 aliphatic carbocycles. The van der Waals surface area contributed by atoms with Gasteiger partial charge in [0.05, 0.1) is 17.1 Å². The lowest BCUT2D eigenvalue weighted by atomic mass is 10.2. The molecule has 0 fully saturated rings. The molecular formula is C20H15ClN4OS. The van der Waals surface area contributed by atoms with Crippen LogP contribution in [0, 0.1) is 6.92 Å². The van der Waals surface area contributed by atoms with E-state index in [0.29, 0.717) is 26.1 Å². The number of rotatable bonds is 3. The summed E-state index contributed by atoms with van der Waals surface area (Å²) in [4.78, 5) is 22.8. The van der Waals surface area contributed by atoms with Crippen LogP contribution in [0.4, 0.5) is 11.4 Å². The fraction of sp³-hybridized carbons (Fsp3) is 0.0500. The van der Waals surface area contributed by atoms with Gasteiger partial charge in [-0.1, -0.05) is 23.7 Å². The van der Waals surface area contributed by atoms with Crippen LogP contribution in [0.25, 0.3) is 21.6 Å². The molecule has 0 saturated heterocycles. The lowest BCUT2D eigenvalue weighted by molar-refractivity contribution is 0.103. The molecule has 0 spiro atoms. The molecular weight excluding hydrogens is 380 g/mol. The summed E-state index contributed by atoms with van der Waals surface area (Å²) in [5.41, 5.74) is 9.62. The summed E-state index contributed by atoms with van der Waals surface area (Å²) in [6.07, 6.45) is 1.72. The topological polar surface area (TPSA) is 80.9 Å². The van der Waals surface area contributed by atoms with E-state index in [4.69, 9.17) is 17.3 Å². The number of carbonyl (C=O) groups is 1. The third-order valence-corrected chi connectivity index (χ3v) is 5.77. The van der Waals surface area contributed by atoms with E-state index in [1.807, 2.05) is 37.3 Å². The fourth-order valence-electron chi connectivity index (χ4n) is 2.74. The number of benzene rings is 1. The van der Waals surface area contributed by atoms with Gasteiger partial charge in [-0.25, -0.2) is 4.98 Å². The molecule has 4 rings (SSSR count). The van der Waals surface area contributed by atoms with Crippen molar-refractivity contribution in [3.63, 3.8) is 0 Å². The van der Waals surface area contributed by atoms with E-state index in [-0.39, 0.29) is 5.91 Å². The van der Waals surface area contributed by atoms with Gasteiger partial charge < -0.3 is 11.1 Å². The quantitative estimate of drug-likeness (QED) is 0.503. The minimum absolute atomic E-state index is 0.278. The van der Waals surface area contributed by atoms with Crippen molar-refractivity contribution in [3.05, 3.63) is 70.2 Å². The van der Waals surface area contributed by atoms with Crippen molar-refractivity contribution in [2.75, 3.05) is 11.1 Å². The number of hydrogen-bond donors (Lipinski definition) is 2. The van der Waals surface area contributed by atoms with Gasteiger partial charge in [0.15, 0.2) is 0 Å². The molecule has 0 aliphatic rings. The van der Waals surface area contributed by atoms with Gasteiger partial charge in [0.25, 0.3) is 5.91 Å². The van der Waals surface area contributed by atoms with Crippen molar-refractivity contribution in [1.29, 1.82) is 0 Å². The zero-order chi connectivity index (χ0) is 19.0. The third-order valence-electron chi connectivity index (χ3n) is 4.24. The normalized spacial score (nSPS) is 10.9. The van der Waals surface area contributed by atoms with Crippen molar-refractivity contribution in [2.24, 2.45) is 0 Å². The number of aromatic nitrogens is 2. The Morgan fingerprint density at radius 2 is 1.96 bits per heavy atom. The second kappa shape index (κ2) is 6.98. The first-order valence-electron chi connectivity index (χ1n) is 8.21. The van der Waals surface area contributed by atoms with Crippen molar-refractivity contribution >= 4 is 50.4 Å². The Bertz CT molecular complexity index is 1160. The Kier molecular flexibility index (Phi) is 4.51. The number of nitrogens with one attached hydrogen (secondary N) is 1. The maximum Gasteiger partial charge on any atom is 0.267 e. The van der Waals surface area contributed by atoms with E-state index in [2.05, 4.69) is 15.3 Å². The minimum Gasteiger partial charge on any atom is -0.397 e. The summed E-state index contributed by atoms with van der Waals surface area (Å²) in [6, 6.07) is 14.8. The van der Waals surface area contributed by atoms with Crippen molar-refractivity contribution in [2.45, 2.75) is 6.92 Å². The van der Waals surface area contributed by atoms with Crippen LogP contribution in [0.15, 0.2) is 54.7 Å². The molecule has 0 atom stereocenters. The third kappa shape index (κ3) is 3.25. The summed E-state index contributed by atoms with van der Waals surface area (Å²) in [5.74, 6) is -0.278. The summed E-state index contributed by atoms with van der Waals surface area (Å²) in [5, 5.41) is 4.24. The van der Waals surface area contributed by atoms with Gasteiger partial charge in [0, 0.05) is 22.3 Å². The van der Waals surface area contributed by atoms with Gasteiger partial charge >= 0.3 is 0 Å². The Balaban J connectivity index is 1.70. The van der Waals surface area contributed by atoms with Gasteiger partial charge in [0.1, 0.15) is 9.71 Å². The Morgan fingerprint density at radius 1 is 1.11 bits per heavy atom. The molecule has 1 aromatic carbocycles. The highest BCUT2D eigenvalue weighted by atomic mass is 35.5. The average molecular weight is 395 g/mol. The molecule has 4 aromatic rings. The van der Waals surface area contributed by atoms with E-state index in [1.54, 1.807) is 24.4 Å². The van der Waals surface area contributed by atoms with E-state index < -0.39 is 0 Å². The standard InChI is InChI=1S/C20H15ClN4OS/c1-11-13(21)5-4-7-14(11)24-19(26)18-17(22)12-8-9-16(25-20(12)27-18)15-6-2-3-10-23-15/h2-10H,22H2,1H3,(H,24,26). The number of amides is 1. The van der Waals surface area contributed by atoms with Gasteiger partial charge in [-0.3, -0.25) is 9.78 Å². The number of anilines is 2. The zero-order valence-corrected chi connectivity index (χ0v) is 15.9. The predicted molar refractivity (Wildman–Crippen MR) is 111 cm³/mol. The highest BCUT2D eigenvalue weighted by Gasteiger charge is 2.19. The van der Waals surface area contributed by atoms with Crippen molar-refractivity contribution in [3.8, 4) is 11.4 Å². The smallest absolute Gasteiger partial charge is 0.267 e. The van der Waals surface area contributed by atoms with Crippen LogP contribution in [0.5, 0.6) is 0 Å². The van der Waals surface area contributed by atoms with Crippen LogP contribution >= 0.6 is 22.9 Å². The first-order chi connectivity index (χ1) is 13.0. The number of nitrogen functional groups attached to an aromatic ring is 1. The molecule has 0 aliphatic heterocycles. The monoisotopic (exact) mass is 394 g/mol. The van der Waals surface area contributed by atoms with Crippen LogP contribution in [0.2, 0.25) is 5.02 Å². The second-order valence-corrected chi connectivity index (χ2v) is 7.38. The Morgan fingerprint density at radius 3 is 2.74 bits per heavy atom. The van der Waals surface area contributed by atoms with Gasteiger partial charge in [0.2, 0.25) is 0 Å². The van der Waals surface area contributed by atoms with E-state index in [9.17, 15) is 4.79 Å². The van der Waals surface area contributed by atoms with Gasteiger partial charge in [-0.2, -0.15) is 0 Å². The van der Waals surface area contributed by atoms with Gasteiger partial charge in [-0.05, 0) is 48.9 Å². The summed E-state index contributed by atoms with van der Waals surface area (Å²) in [6.45, 7) is 1.85. The first kappa shape index (κ1) is 17.5. The SMILES string of the molecule is Cc1c(Cl)cccc1NC(=O)c1sc2nc(-c3ccccn3)ccc2c1N. The number of carbonyl (C=O) groups excluding carboxylic acids is 1. The summed E-state index contributed by atoms with van der Waals surface area (Å²) >= 11 is 7.39. The maximum atomic E-state index is 12.8. The fourth-order valence-corrected chi connectivity index (χ4v) is 3.91. The van der Waals surface area contributed by atoms with Crippen molar-refractivity contribution in [1.82, 2.24) is 9.97 Å². The lowest BCUT2D eigenvalue weighted by Gasteiger charge is -2.08. The molecule has 3 aromatic heterocycles. The summed E-state index contributed by atoms with van der Waals surface area (Å²) < 4.78 is 0. The van der Waals surface area contributed by atoms with E-state index >= 15 is 0 Å². The lowest BCUT2D eigenvalue weighted by Crippen LogP contribution is -2.12. The number of pyridine rings is 2. The first-order valence-corrected chi connectivity index (χ1v) is 9.41. The number of thiophene rings is 1. The molecule has 0 saturated carbocycles. The average Bonchev–Trinajstić information content (AvgIpc) is 3.02. The molecule has 134 valence electrons. The molecule has 0 unspecified atom stereocenters. The molecule has 3 heterocycles. The molecule has 7 heteroatoms. The number of hydrogen-bond acceptors (Lipinski definition) is 5. The number of nitrogens with zero attached hydrogens (tertiary/aromatic N) is 2. The van der Waals surface area contributed by atoms with Crippen molar-refractivity contribution < 1.29 is 4.79 Å². The van der Waals surface area contributed by atoms with Crippen LogP contribution in [-0.2, 0) is 0 Å². The Labute approximate surface area is 164 Å². The molecule has 1 amide bonds. The van der Waals surface area contributed by atoms with Crippen LogP contribution in [-0.4, -0.2) is 15.9 Å². The largest absolute Gasteiger partial charge is 0.397 e. The number of halogens is 1. The van der Waals surface area contributed by atoms with E-state index in [1.165, 1.54) is 11.3 Å². The predicted octanol–water partition coefficient (Wildman–Crippen LogP) is 5.15. The molecule has 27 heavy (non-hydrogen) atoms. The van der Waals surface area contributed by atoms with E-state index in [0.717, 1.165) is 22.3 Å². The van der Waals surface area contributed by atoms with Crippen LogP contribution in [0.3, 0.4) is 0 Å². The molecule has 0 bridgehead atoms. The van der Waals surface area contributed by atoms with Crippen LogP contribution in [0.1, 0.15) is 15.2 Å². The van der Waals surface area contributed by atoms with Gasteiger partial charge in [-0.15, -0.1) is 11.3 Å². The Hall–Kier alpha value is -2.96. The van der Waals surface area contributed by atoms with Crippen LogP contribution < -0.4 is 11.1 Å². The zero-order valence-electron chi connectivity index (χ0n) is 14.4. The number of nitrogens with two attached hydrogens (primary N) is 1. The molecule has 5 nitrogen and oxygen atoms in total. The highest BCUT2D eigenvalue weighted by Crippen LogP contribution is 2.34. The second-order valence-electron chi connectivity index (χ2n) is 5.98. The molecule has 0 radical (unpaired) electrons. The summed E-state index contributed by atoms with van der Waals surface area (Å²) in [7, 11) is 0. The minimum atomic E-state index is -0.278. The highest BCUT2D eigenvalue weighted by molar-refractivity contribution is 7.21. The molecule has 3 N–H and O–H groups in total. The number of fused-ring (bicyclic) bond motifs is 1. The maximum absolute atomic E-state index is 12.8.